The number of hydrogen-bond acceptors (Lipinski definition) is 6. The Morgan fingerprint density at radius 1 is 1.46 bits per heavy atom. The summed E-state index contributed by atoms with van der Waals surface area (Å²) in [6, 6.07) is 0.156. The van der Waals surface area contributed by atoms with Crippen LogP contribution >= 0.6 is 11.3 Å². The van der Waals surface area contributed by atoms with Gasteiger partial charge >= 0.3 is 0 Å². The topological polar surface area (TPSA) is 72.3 Å². The summed E-state index contributed by atoms with van der Waals surface area (Å²) in [5.74, 6) is 0.787. The second kappa shape index (κ2) is 7.42. The molecular weight excluding hydrogens is 326 g/mol. The van der Waals surface area contributed by atoms with Crippen molar-refractivity contribution in [1.29, 1.82) is 0 Å². The normalized spacial score (nSPS) is 17.7. The summed E-state index contributed by atoms with van der Waals surface area (Å²) in [6.07, 6.45) is 1.85. The SMILES string of the molecule is COCCNC(=O)c1cn2c(n1)C(C)N(Cc1nc(C)cs1)CC2. The molecule has 1 aliphatic heterocycles. The highest BCUT2D eigenvalue weighted by molar-refractivity contribution is 7.09. The van der Waals surface area contributed by atoms with Gasteiger partial charge in [0, 0.05) is 44.0 Å². The Kier molecular flexibility index (Phi) is 5.27. The van der Waals surface area contributed by atoms with Gasteiger partial charge in [0.2, 0.25) is 0 Å². The number of amides is 1. The molecule has 1 unspecified atom stereocenters. The number of aryl methyl sites for hydroxylation is 1. The van der Waals surface area contributed by atoms with E-state index in [9.17, 15) is 4.79 Å². The number of thiazole rings is 1. The monoisotopic (exact) mass is 349 g/mol. The maximum absolute atomic E-state index is 12.2. The number of aromatic nitrogens is 3. The van der Waals surface area contributed by atoms with E-state index in [0.29, 0.717) is 18.8 Å². The van der Waals surface area contributed by atoms with E-state index in [0.717, 1.165) is 36.2 Å². The fourth-order valence-corrected chi connectivity index (χ4v) is 3.66. The number of hydrogen-bond donors (Lipinski definition) is 1. The quantitative estimate of drug-likeness (QED) is 0.802. The van der Waals surface area contributed by atoms with Crippen molar-refractivity contribution in [2.45, 2.75) is 33.0 Å². The molecule has 8 heteroatoms. The van der Waals surface area contributed by atoms with E-state index in [4.69, 9.17) is 4.74 Å². The first-order valence-corrected chi connectivity index (χ1v) is 8.95. The van der Waals surface area contributed by atoms with Gasteiger partial charge in [-0.3, -0.25) is 9.69 Å². The highest BCUT2D eigenvalue weighted by Crippen LogP contribution is 2.27. The van der Waals surface area contributed by atoms with Crippen LogP contribution in [0.2, 0.25) is 0 Å². The van der Waals surface area contributed by atoms with Crippen molar-refractivity contribution >= 4 is 17.2 Å². The van der Waals surface area contributed by atoms with E-state index in [1.807, 2.05) is 13.1 Å². The zero-order valence-electron chi connectivity index (χ0n) is 14.3. The smallest absolute Gasteiger partial charge is 0.271 e. The number of carbonyl (C=O) groups excluding carboxylic acids is 1. The van der Waals surface area contributed by atoms with Crippen LogP contribution in [0, 0.1) is 6.92 Å². The van der Waals surface area contributed by atoms with Gasteiger partial charge in [0.15, 0.2) is 0 Å². The fourth-order valence-electron chi connectivity index (χ4n) is 2.87. The van der Waals surface area contributed by atoms with Crippen LogP contribution in [0.25, 0.3) is 0 Å². The highest BCUT2D eigenvalue weighted by atomic mass is 32.1. The average molecular weight is 349 g/mol. The summed E-state index contributed by atoms with van der Waals surface area (Å²) in [5.41, 5.74) is 1.54. The van der Waals surface area contributed by atoms with Gasteiger partial charge in [-0.05, 0) is 13.8 Å². The zero-order chi connectivity index (χ0) is 17.1. The highest BCUT2D eigenvalue weighted by Gasteiger charge is 2.28. The lowest BCUT2D eigenvalue weighted by Gasteiger charge is -2.32. The molecule has 0 bridgehead atoms. The summed E-state index contributed by atoms with van der Waals surface area (Å²) in [7, 11) is 1.61. The van der Waals surface area contributed by atoms with Crippen LogP contribution in [-0.2, 0) is 17.8 Å². The first-order valence-electron chi connectivity index (χ1n) is 8.07. The second-order valence-electron chi connectivity index (χ2n) is 5.96. The lowest BCUT2D eigenvalue weighted by molar-refractivity contribution is 0.0932. The van der Waals surface area contributed by atoms with E-state index in [-0.39, 0.29) is 11.9 Å². The molecular formula is C16H23N5O2S. The Morgan fingerprint density at radius 3 is 3.00 bits per heavy atom. The molecule has 0 saturated heterocycles. The van der Waals surface area contributed by atoms with Crippen molar-refractivity contribution in [3.05, 3.63) is 33.8 Å². The Labute approximate surface area is 145 Å². The first kappa shape index (κ1) is 17.1. The number of fused-ring (bicyclic) bond motifs is 1. The summed E-state index contributed by atoms with van der Waals surface area (Å²) in [4.78, 5) is 23.6. The standard InChI is InChI=1S/C16H23N5O2S/c1-11-10-24-14(18-11)9-20-5-6-21-8-13(19-15(21)12(20)2)16(22)17-4-7-23-3/h8,10,12H,4-7,9H2,1-3H3,(H,17,22). The Hall–Kier alpha value is -1.77. The first-order chi connectivity index (χ1) is 11.6. The van der Waals surface area contributed by atoms with Crippen LogP contribution in [0.4, 0.5) is 0 Å². The molecule has 1 atom stereocenters. The minimum Gasteiger partial charge on any atom is -0.383 e. The number of nitrogens with one attached hydrogen (secondary N) is 1. The third-order valence-corrected chi connectivity index (χ3v) is 5.14. The van der Waals surface area contributed by atoms with Crippen LogP contribution in [0.15, 0.2) is 11.6 Å². The Balaban J connectivity index is 1.68. The van der Waals surface area contributed by atoms with E-state index in [1.54, 1.807) is 18.4 Å². The molecule has 3 rings (SSSR count). The minimum atomic E-state index is -0.150. The number of ether oxygens (including phenoxy) is 1. The van der Waals surface area contributed by atoms with Gasteiger partial charge in [-0.1, -0.05) is 0 Å². The van der Waals surface area contributed by atoms with Crippen LogP contribution < -0.4 is 5.32 Å². The molecule has 2 aromatic heterocycles. The molecule has 2 aromatic rings. The molecule has 0 saturated carbocycles. The van der Waals surface area contributed by atoms with E-state index < -0.39 is 0 Å². The molecule has 3 heterocycles. The summed E-state index contributed by atoms with van der Waals surface area (Å²) < 4.78 is 7.03. The number of nitrogens with zero attached hydrogens (tertiary/aromatic N) is 4. The van der Waals surface area contributed by atoms with Gasteiger partial charge in [0.1, 0.15) is 16.5 Å². The van der Waals surface area contributed by atoms with Crippen LogP contribution in [0.3, 0.4) is 0 Å². The number of imidazole rings is 1. The molecule has 0 aromatic carbocycles. The van der Waals surface area contributed by atoms with E-state index >= 15 is 0 Å². The molecule has 1 aliphatic rings. The van der Waals surface area contributed by atoms with Gasteiger partial charge in [-0.15, -0.1) is 11.3 Å². The minimum absolute atomic E-state index is 0.150. The lowest BCUT2D eigenvalue weighted by Crippen LogP contribution is -2.36. The molecule has 7 nitrogen and oxygen atoms in total. The third kappa shape index (κ3) is 3.66. The van der Waals surface area contributed by atoms with Gasteiger partial charge in [0.05, 0.1) is 19.2 Å². The second-order valence-corrected chi connectivity index (χ2v) is 6.90. The Morgan fingerprint density at radius 2 is 2.29 bits per heavy atom. The third-order valence-electron chi connectivity index (χ3n) is 4.19. The van der Waals surface area contributed by atoms with Crippen molar-refractivity contribution in [2.24, 2.45) is 0 Å². The maximum atomic E-state index is 12.2. The van der Waals surface area contributed by atoms with E-state index in [2.05, 4.69) is 37.1 Å². The van der Waals surface area contributed by atoms with Gasteiger partial charge in [0.25, 0.3) is 5.91 Å². The van der Waals surface area contributed by atoms with Crippen LogP contribution in [0.1, 0.15) is 40.0 Å². The van der Waals surface area contributed by atoms with Crippen molar-refractivity contribution < 1.29 is 9.53 Å². The molecule has 1 N–H and O–H groups in total. The number of methoxy groups -OCH3 is 1. The molecule has 24 heavy (non-hydrogen) atoms. The van der Waals surface area contributed by atoms with Crippen LogP contribution in [-0.4, -0.2) is 52.1 Å². The van der Waals surface area contributed by atoms with Gasteiger partial charge < -0.3 is 14.6 Å². The average Bonchev–Trinajstić information content (AvgIpc) is 3.17. The fraction of sp³-hybridized carbons (Fsp3) is 0.562. The molecule has 130 valence electrons. The van der Waals surface area contributed by atoms with Gasteiger partial charge in [-0.25, -0.2) is 9.97 Å². The van der Waals surface area contributed by atoms with Crippen molar-refractivity contribution in [1.82, 2.24) is 24.8 Å². The molecule has 0 radical (unpaired) electrons. The van der Waals surface area contributed by atoms with Crippen molar-refractivity contribution in [3.8, 4) is 0 Å². The summed E-state index contributed by atoms with van der Waals surface area (Å²) in [6.45, 7) is 7.71. The van der Waals surface area contributed by atoms with Crippen molar-refractivity contribution in [3.63, 3.8) is 0 Å². The summed E-state index contributed by atoms with van der Waals surface area (Å²) >= 11 is 1.69. The molecule has 0 fully saturated rings. The largest absolute Gasteiger partial charge is 0.383 e. The predicted molar refractivity (Wildman–Crippen MR) is 92.1 cm³/mol. The maximum Gasteiger partial charge on any atom is 0.271 e. The number of rotatable bonds is 6. The lowest BCUT2D eigenvalue weighted by atomic mass is 10.2. The molecule has 1 amide bonds. The predicted octanol–water partition coefficient (Wildman–Crippen LogP) is 1.60. The Bertz CT molecular complexity index is 711. The summed E-state index contributed by atoms with van der Waals surface area (Å²) in [5, 5.41) is 6.01. The number of carbonyl (C=O) groups is 1. The van der Waals surface area contributed by atoms with E-state index in [1.165, 1.54) is 0 Å². The molecule has 0 spiro atoms. The zero-order valence-corrected chi connectivity index (χ0v) is 15.1. The van der Waals surface area contributed by atoms with Gasteiger partial charge in [-0.2, -0.15) is 0 Å². The molecule has 0 aliphatic carbocycles. The van der Waals surface area contributed by atoms with Crippen molar-refractivity contribution in [2.75, 3.05) is 26.8 Å². The van der Waals surface area contributed by atoms with Crippen LogP contribution in [0.5, 0.6) is 0 Å².